The van der Waals surface area contributed by atoms with Crippen LogP contribution in [0.25, 0.3) is 0 Å². The number of ether oxygens (including phenoxy) is 1. The molecule has 1 aliphatic carbocycles. The van der Waals surface area contributed by atoms with Crippen molar-refractivity contribution in [3.05, 3.63) is 59.2 Å². The number of nitrogens with one attached hydrogen (secondary N) is 2. The molecule has 2 heterocycles. The van der Waals surface area contributed by atoms with Crippen molar-refractivity contribution in [3.8, 4) is 5.75 Å². The molecule has 2 aliphatic heterocycles. The van der Waals surface area contributed by atoms with Crippen molar-refractivity contribution in [1.29, 1.82) is 0 Å². The van der Waals surface area contributed by atoms with Gasteiger partial charge in [-0.2, -0.15) is 0 Å². The van der Waals surface area contributed by atoms with E-state index in [9.17, 15) is 4.79 Å². The second-order valence-electron chi connectivity index (χ2n) is 8.91. The van der Waals surface area contributed by atoms with Gasteiger partial charge in [0.1, 0.15) is 5.75 Å². The summed E-state index contributed by atoms with van der Waals surface area (Å²) < 4.78 is 5.76. The zero-order chi connectivity index (χ0) is 20.7. The Morgan fingerprint density at radius 2 is 1.97 bits per heavy atom. The molecule has 158 valence electrons. The Balaban J connectivity index is 1.38. The van der Waals surface area contributed by atoms with Gasteiger partial charge in [-0.05, 0) is 61.4 Å². The van der Waals surface area contributed by atoms with E-state index < -0.39 is 0 Å². The van der Waals surface area contributed by atoms with E-state index in [-0.39, 0.29) is 11.8 Å². The summed E-state index contributed by atoms with van der Waals surface area (Å²) in [5.41, 5.74) is 4.64. The first-order valence-corrected chi connectivity index (χ1v) is 11.2. The number of methoxy groups -OCH3 is 1. The molecule has 2 aromatic carbocycles. The number of anilines is 1. The molecule has 0 bridgehead atoms. The third-order valence-corrected chi connectivity index (χ3v) is 6.99. The minimum atomic E-state index is 0.0194. The van der Waals surface area contributed by atoms with E-state index in [1.807, 2.05) is 11.9 Å². The molecule has 1 amide bonds. The van der Waals surface area contributed by atoms with Gasteiger partial charge in [0.2, 0.25) is 5.91 Å². The number of fused-ring (bicyclic) bond motifs is 1. The maximum atomic E-state index is 12.8. The van der Waals surface area contributed by atoms with Crippen LogP contribution >= 0.6 is 0 Å². The first-order chi connectivity index (χ1) is 14.7. The van der Waals surface area contributed by atoms with Crippen molar-refractivity contribution >= 4 is 11.6 Å². The van der Waals surface area contributed by atoms with Crippen LogP contribution in [0.2, 0.25) is 0 Å². The van der Waals surface area contributed by atoms with Crippen LogP contribution in [0.5, 0.6) is 5.75 Å². The quantitative estimate of drug-likeness (QED) is 0.769. The fraction of sp³-hybridized carbons (Fsp3) is 0.480. The lowest BCUT2D eigenvalue weighted by molar-refractivity contribution is -0.119. The fourth-order valence-corrected chi connectivity index (χ4v) is 5.20. The van der Waals surface area contributed by atoms with Crippen molar-refractivity contribution in [2.24, 2.45) is 5.92 Å². The van der Waals surface area contributed by atoms with E-state index in [2.05, 4.69) is 53.1 Å². The van der Waals surface area contributed by atoms with E-state index in [4.69, 9.17) is 4.74 Å². The topological polar surface area (TPSA) is 53.6 Å². The second kappa shape index (κ2) is 8.05. The Hall–Kier alpha value is -2.37. The number of benzene rings is 2. The zero-order valence-electron chi connectivity index (χ0n) is 17.9. The summed E-state index contributed by atoms with van der Waals surface area (Å²) >= 11 is 0. The van der Waals surface area contributed by atoms with Crippen LogP contribution < -0.4 is 20.3 Å². The molecule has 1 saturated heterocycles. The first kappa shape index (κ1) is 19.6. The Morgan fingerprint density at radius 3 is 2.70 bits per heavy atom. The van der Waals surface area contributed by atoms with Gasteiger partial charge in [-0.1, -0.05) is 30.3 Å². The van der Waals surface area contributed by atoms with Crippen LogP contribution in [-0.2, 0) is 11.3 Å². The number of hydrogen-bond donors (Lipinski definition) is 2. The summed E-state index contributed by atoms with van der Waals surface area (Å²) in [6, 6.07) is 15.6. The lowest BCUT2D eigenvalue weighted by atomic mass is 9.91. The number of hydrogen-bond acceptors (Lipinski definition) is 4. The predicted molar refractivity (Wildman–Crippen MR) is 119 cm³/mol. The predicted octanol–water partition coefficient (Wildman–Crippen LogP) is 3.75. The summed E-state index contributed by atoms with van der Waals surface area (Å²) in [6.07, 6.45) is 4.63. The molecule has 3 aliphatic rings. The molecule has 2 aromatic rings. The van der Waals surface area contributed by atoms with E-state index >= 15 is 0 Å². The Bertz CT molecular complexity index is 925. The second-order valence-corrected chi connectivity index (χ2v) is 8.91. The number of carbonyl (C=O) groups is 1. The summed E-state index contributed by atoms with van der Waals surface area (Å²) in [5.74, 6) is 1.65. The van der Waals surface area contributed by atoms with Crippen molar-refractivity contribution < 1.29 is 9.53 Å². The molecule has 2 fully saturated rings. The molecule has 5 nitrogen and oxygen atoms in total. The molecular weight excluding hydrogens is 374 g/mol. The van der Waals surface area contributed by atoms with Gasteiger partial charge < -0.3 is 20.3 Å². The van der Waals surface area contributed by atoms with E-state index in [1.54, 1.807) is 7.11 Å². The molecule has 1 saturated carbocycles. The standard InChI is InChI=1S/C25H31N3O2/c1-28-21-13-18(22(30-2)14-19(21)23(25(28)29)16-10-11-16)15-27-20-9-6-12-26-24(20)17-7-4-3-5-8-17/h3-5,7-8,13-14,16,20,23-24,26-27H,6,9-12,15H2,1-2H3. The van der Waals surface area contributed by atoms with Crippen molar-refractivity contribution in [1.82, 2.24) is 10.6 Å². The molecule has 0 radical (unpaired) electrons. The summed E-state index contributed by atoms with van der Waals surface area (Å²) in [4.78, 5) is 14.7. The SMILES string of the molecule is COc1cc2c(cc1CNC1CCCNC1c1ccccc1)N(C)C(=O)C2C1CC1. The average molecular weight is 406 g/mol. The van der Waals surface area contributed by atoms with Crippen LogP contribution in [0.3, 0.4) is 0 Å². The number of rotatable bonds is 6. The normalized spacial score (nSPS) is 26.0. The molecule has 30 heavy (non-hydrogen) atoms. The average Bonchev–Trinajstić information content (AvgIpc) is 3.59. The molecule has 3 unspecified atom stereocenters. The van der Waals surface area contributed by atoms with Gasteiger partial charge in [0.05, 0.1) is 13.0 Å². The van der Waals surface area contributed by atoms with Crippen LogP contribution in [0, 0.1) is 5.92 Å². The smallest absolute Gasteiger partial charge is 0.234 e. The van der Waals surface area contributed by atoms with E-state index in [0.29, 0.717) is 18.0 Å². The monoisotopic (exact) mass is 405 g/mol. The summed E-state index contributed by atoms with van der Waals surface area (Å²) in [5, 5.41) is 7.46. The lowest BCUT2D eigenvalue weighted by Crippen LogP contribution is -2.45. The van der Waals surface area contributed by atoms with E-state index in [0.717, 1.165) is 54.9 Å². The van der Waals surface area contributed by atoms with Crippen molar-refractivity contribution in [2.75, 3.05) is 25.6 Å². The van der Waals surface area contributed by atoms with Crippen LogP contribution in [-0.4, -0.2) is 32.7 Å². The summed E-state index contributed by atoms with van der Waals surface area (Å²) in [6.45, 7) is 1.78. The van der Waals surface area contributed by atoms with Crippen LogP contribution in [0.1, 0.15) is 54.3 Å². The van der Waals surface area contributed by atoms with Gasteiger partial charge in [0.25, 0.3) is 0 Å². The highest BCUT2D eigenvalue weighted by atomic mass is 16.5. The van der Waals surface area contributed by atoms with Gasteiger partial charge in [-0.15, -0.1) is 0 Å². The number of likely N-dealkylation sites (N-methyl/N-ethyl adjacent to an activating group) is 1. The third kappa shape index (κ3) is 3.50. The molecule has 3 atom stereocenters. The van der Waals surface area contributed by atoms with Gasteiger partial charge in [0, 0.05) is 36.9 Å². The maximum absolute atomic E-state index is 12.8. The van der Waals surface area contributed by atoms with Crippen molar-refractivity contribution in [2.45, 2.75) is 50.2 Å². The van der Waals surface area contributed by atoms with Crippen LogP contribution in [0.15, 0.2) is 42.5 Å². The Morgan fingerprint density at radius 1 is 1.17 bits per heavy atom. The number of carbonyl (C=O) groups excluding carboxylic acids is 1. The van der Waals surface area contributed by atoms with Gasteiger partial charge in [-0.3, -0.25) is 4.79 Å². The lowest BCUT2D eigenvalue weighted by Gasteiger charge is -2.34. The highest BCUT2D eigenvalue weighted by Crippen LogP contribution is 2.51. The van der Waals surface area contributed by atoms with Gasteiger partial charge >= 0.3 is 0 Å². The number of amides is 1. The minimum Gasteiger partial charge on any atom is -0.496 e. The molecule has 2 N–H and O–H groups in total. The van der Waals surface area contributed by atoms with Gasteiger partial charge in [-0.25, -0.2) is 0 Å². The largest absolute Gasteiger partial charge is 0.496 e. The maximum Gasteiger partial charge on any atom is 0.234 e. The molecule has 5 rings (SSSR count). The van der Waals surface area contributed by atoms with Gasteiger partial charge in [0.15, 0.2) is 0 Å². The summed E-state index contributed by atoms with van der Waals surface area (Å²) in [7, 11) is 3.64. The third-order valence-electron chi connectivity index (χ3n) is 6.99. The highest BCUT2D eigenvalue weighted by Gasteiger charge is 2.45. The Kier molecular flexibility index (Phi) is 5.25. The minimum absolute atomic E-state index is 0.0194. The van der Waals surface area contributed by atoms with E-state index in [1.165, 1.54) is 12.0 Å². The highest BCUT2D eigenvalue weighted by molar-refractivity contribution is 6.05. The first-order valence-electron chi connectivity index (χ1n) is 11.2. The molecular formula is C25H31N3O2. The van der Waals surface area contributed by atoms with Crippen LogP contribution in [0.4, 0.5) is 5.69 Å². The molecule has 0 aromatic heterocycles. The molecule has 5 heteroatoms. The number of piperidine rings is 1. The molecule has 0 spiro atoms. The van der Waals surface area contributed by atoms with Crippen molar-refractivity contribution in [3.63, 3.8) is 0 Å². The zero-order valence-corrected chi connectivity index (χ0v) is 17.9. The number of nitrogens with zero attached hydrogens (tertiary/aromatic N) is 1. The Labute approximate surface area is 178 Å². The fourth-order valence-electron chi connectivity index (χ4n) is 5.20.